The van der Waals surface area contributed by atoms with E-state index in [0.717, 1.165) is 49.9 Å². The molecule has 0 unspecified atom stereocenters. The van der Waals surface area contributed by atoms with Gasteiger partial charge in [0.2, 0.25) is 5.69 Å². The van der Waals surface area contributed by atoms with Gasteiger partial charge in [-0.15, -0.1) is 0 Å². The number of imidazole rings is 2. The molecule has 6 aliphatic rings. The van der Waals surface area contributed by atoms with Gasteiger partial charge >= 0.3 is 0 Å². The molecule has 4 aliphatic heterocycles. The van der Waals surface area contributed by atoms with Crippen LogP contribution in [0.2, 0.25) is 0 Å². The van der Waals surface area contributed by atoms with Crippen LogP contribution >= 0.6 is 0 Å². The summed E-state index contributed by atoms with van der Waals surface area (Å²) < 4.78 is 15.6. The van der Waals surface area contributed by atoms with Crippen molar-refractivity contribution in [3.8, 4) is 0 Å². The molecule has 7 aromatic heterocycles. The Balaban J connectivity index is 0.000000108. The van der Waals surface area contributed by atoms with Crippen molar-refractivity contribution in [1.29, 1.82) is 0 Å². The number of hydrogen-bond acceptors (Lipinski definition) is 2. The molecule has 0 saturated carbocycles. The van der Waals surface area contributed by atoms with Crippen molar-refractivity contribution in [1.82, 2.24) is 22.6 Å². The number of aromatic nitrogens is 5. The number of likely N-dealkylation sites (N-methyl/N-ethyl adjacent to an activating group) is 1. The second-order valence-corrected chi connectivity index (χ2v) is 19.1. The minimum Gasteiger partial charge on any atom is -0.314 e. The van der Waals surface area contributed by atoms with Crippen LogP contribution < -0.4 is 0 Å². The highest BCUT2D eigenvalue weighted by Gasteiger charge is 2.34. The maximum absolute atomic E-state index is 4.59. The van der Waals surface area contributed by atoms with Crippen molar-refractivity contribution in [2.75, 3.05) is 21.1 Å². The summed E-state index contributed by atoms with van der Waals surface area (Å²) in [5, 5.41) is 0. The number of hydrogen-bond donors (Lipinski definition) is 0. The molecule has 9 heteroatoms. The average molecular weight is 927 g/mol. The Bertz CT molecular complexity index is 3710. The van der Waals surface area contributed by atoms with Gasteiger partial charge in [0.25, 0.3) is 5.82 Å². The number of benzene rings is 2. The zero-order chi connectivity index (χ0) is 46.8. The first kappa shape index (κ1) is 47.4. The summed E-state index contributed by atoms with van der Waals surface area (Å²) in [5.74, 6) is 1.33. The second kappa shape index (κ2) is 19.0. The molecule has 0 N–H and O–H groups in total. The van der Waals surface area contributed by atoms with Crippen molar-refractivity contribution >= 4 is 67.8 Å². The van der Waals surface area contributed by atoms with Crippen molar-refractivity contribution < 1.29 is 13.7 Å². The van der Waals surface area contributed by atoms with Crippen LogP contribution in [0.1, 0.15) is 94.6 Å². The molecule has 0 atom stereocenters. The number of rotatable bonds is 0. The first-order valence-corrected chi connectivity index (χ1v) is 23.9. The highest BCUT2D eigenvalue weighted by Crippen LogP contribution is 2.40. The number of aliphatic imine (C=N–C) groups is 1. The number of aryl methyl sites for hydroxylation is 1. The predicted octanol–water partition coefficient (Wildman–Crippen LogP) is 12.9. The maximum Gasteiger partial charge on any atom is 0.290 e. The zero-order valence-electron chi connectivity index (χ0n) is 40.6. The summed E-state index contributed by atoms with van der Waals surface area (Å²) in [7, 11) is 6.46. The molecule has 0 saturated heterocycles. The topological polar surface area (TPSA) is 51.9 Å². The molecule has 11 heterocycles. The predicted molar refractivity (Wildman–Crippen MR) is 293 cm³/mol. The van der Waals surface area contributed by atoms with E-state index in [2.05, 4.69) is 214 Å². The lowest BCUT2D eigenvalue weighted by molar-refractivity contribution is -0.441. The molecule has 0 amide bonds. The van der Waals surface area contributed by atoms with Gasteiger partial charge in [-0.2, -0.15) is 4.40 Å². The Kier molecular flexibility index (Phi) is 12.9. The lowest BCUT2D eigenvalue weighted by Crippen LogP contribution is -2.08. The Hall–Kier alpha value is -7.65. The van der Waals surface area contributed by atoms with E-state index in [1.165, 1.54) is 101 Å². The highest BCUT2D eigenvalue weighted by molar-refractivity contribution is 5.98. The summed E-state index contributed by atoms with van der Waals surface area (Å²) in [5.41, 5.74) is 27.4. The normalized spacial score (nSPS) is 15.5. The first-order chi connectivity index (χ1) is 33.0. The Morgan fingerprint density at radius 3 is 1.86 bits per heavy atom. The van der Waals surface area contributed by atoms with E-state index >= 15 is 0 Å². The molecular formula is C61H68N9+3. The van der Waals surface area contributed by atoms with Gasteiger partial charge in [-0.1, -0.05) is 81.6 Å². The van der Waals surface area contributed by atoms with E-state index in [1.54, 1.807) is 5.57 Å². The van der Waals surface area contributed by atoms with Gasteiger partial charge in [-0.25, -0.2) is 18.7 Å². The average Bonchev–Trinajstić information content (AvgIpc) is 4.25. The summed E-state index contributed by atoms with van der Waals surface area (Å²) in [4.78, 5) is 8.84. The van der Waals surface area contributed by atoms with Crippen molar-refractivity contribution in [2.45, 2.75) is 88.0 Å². The Labute approximate surface area is 413 Å². The summed E-state index contributed by atoms with van der Waals surface area (Å²) in [6.45, 7) is 10.7. The molecular weight excluding hydrogens is 859 g/mol. The van der Waals surface area contributed by atoms with Crippen LogP contribution in [0.15, 0.2) is 163 Å². The quantitative estimate of drug-likeness (QED) is 0.140. The van der Waals surface area contributed by atoms with Crippen LogP contribution in [0.3, 0.4) is 0 Å². The molecule has 0 fully saturated rings. The smallest absolute Gasteiger partial charge is 0.290 e. The molecule has 15 rings (SSSR count). The fourth-order valence-electron chi connectivity index (χ4n) is 11.0. The molecule has 70 heavy (non-hydrogen) atoms. The van der Waals surface area contributed by atoms with E-state index in [1.807, 2.05) is 29.8 Å². The second-order valence-electron chi connectivity index (χ2n) is 19.1. The SMILES string of the molecule is C.C.CC1=NC2=C(C1)Cc1ccccc12.CC1=[N+](C)C2=C(C1)c1ccccc1C2.CC1=[N+](C)c2c(cc3ccccn23)C1.CC1=[N+](C)c2cc3ccccn3c2C1.Cc1ncn2cc3ccccn3c12. The fourth-order valence-corrected chi connectivity index (χ4v) is 11.0. The monoisotopic (exact) mass is 927 g/mol. The fraction of sp³-hybridized carbons (Fsp3) is 0.262. The van der Waals surface area contributed by atoms with Gasteiger partial charge in [0.05, 0.1) is 66.2 Å². The molecule has 9 nitrogen and oxygen atoms in total. The largest absolute Gasteiger partial charge is 0.314 e. The van der Waals surface area contributed by atoms with Crippen LogP contribution in [0.25, 0.3) is 33.5 Å². The van der Waals surface area contributed by atoms with Crippen LogP contribution in [0.5, 0.6) is 0 Å². The lowest BCUT2D eigenvalue weighted by Gasteiger charge is -2.00. The zero-order valence-corrected chi connectivity index (χ0v) is 40.6. The van der Waals surface area contributed by atoms with Crippen molar-refractivity contribution in [2.24, 2.45) is 4.99 Å². The maximum atomic E-state index is 4.59. The molecule has 354 valence electrons. The molecule has 0 radical (unpaired) electrons. The van der Waals surface area contributed by atoms with E-state index in [4.69, 9.17) is 0 Å². The van der Waals surface area contributed by atoms with Crippen LogP contribution in [0, 0.1) is 6.92 Å². The van der Waals surface area contributed by atoms with Crippen molar-refractivity contribution in [3.63, 3.8) is 0 Å². The van der Waals surface area contributed by atoms with E-state index in [-0.39, 0.29) is 14.9 Å². The molecule has 9 aromatic rings. The summed E-state index contributed by atoms with van der Waals surface area (Å²) in [6, 6.07) is 40.7. The number of allylic oxidation sites excluding steroid dienone is 3. The van der Waals surface area contributed by atoms with Gasteiger partial charge in [0.1, 0.15) is 37.3 Å². The Morgan fingerprint density at radius 1 is 0.514 bits per heavy atom. The summed E-state index contributed by atoms with van der Waals surface area (Å²) >= 11 is 0. The third-order valence-corrected chi connectivity index (χ3v) is 14.8. The van der Waals surface area contributed by atoms with Gasteiger partial charge in [-0.3, -0.25) is 13.8 Å². The van der Waals surface area contributed by atoms with Gasteiger partial charge in [-0.05, 0) is 91.9 Å². The van der Waals surface area contributed by atoms with Crippen LogP contribution in [-0.2, 0) is 25.7 Å². The highest BCUT2D eigenvalue weighted by atomic mass is 15.1. The van der Waals surface area contributed by atoms with Crippen LogP contribution in [0.4, 0.5) is 11.5 Å². The van der Waals surface area contributed by atoms with Gasteiger partial charge in [0, 0.05) is 68.2 Å². The molecule has 2 aromatic carbocycles. The lowest BCUT2D eigenvalue weighted by atomic mass is 10.0. The van der Waals surface area contributed by atoms with E-state index in [0.29, 0.717) is 0 Å². The van der Waals surface area contributed by atoms with Gasteiger partial charge in [0.15, 0.2) is 17.1 Å². The standard InChI is InChI=1S/C13H14N.2C12H13N2.C12H11N.C10H9N3.2CH4/c1-9-7-12-11-6-4-3-5-10(11)8-13(12)14(9)2;1-9-7-10-8-11-5-3-4-6-14(11)12(10)13(9)2;1-9-7-12-11(13(9)2)8-10-5-3-4-6-14(10)12;1-8-6-10-7-9-4-2-3-5-11(9)12(10)13-8;1-8-10-12(7-11-8)6-9-4-2-3-5-13(9)10;;/h3-6H,7-8H2,1-2H3;2*3-6,8H,7H2,1-2H3;2-5H,6-7H2,1H3;2-7H,1H3;2*1H4/q3*+1;;;;. The van der Waals surface area contributed by atoms with E-state index < -0.39 is 0 Å². The third kappa shape index (κ3) is 8.27. The number of pyridine rings is 3. The number of fused-ring (bicyclic) bond motifs is 13. The van der Waals surface area contributed by atoms with E-state index in [9.17, 15) is 0 Å². The molecule has 2 aliphatic carbocycles. The molecule has 0 bridgehead atoms. The van der Waals surface area contributed by atoms with Crippen molar-refractivity contribution in [3.05, 3.63) is 197 Å². The molecule has 0 spiro atoms. The summed E-state index contributed by atoms with van der Waals surface area (Å²) in [6.07, 6.45) is 16.9. The van der Waals surface area contributed by atoms with Crippen LogP contribution in [-0.4, -0.2) is 80.3 Å². The Morgan fingerprint density at radius 2 is 1.11 bits per heavy atom. The minimum absolute atomic E-state index is 0. The third-order valence-electron chi connectivity index (χ3n) is 14.8. The van der Waals surface area contributed by atoms with Gasteiger partial charge < -0.3 is 4.40 Å². The minimum atomic E-state index is 0. The number of nitrogens with zero attached hydrogens (tertiary/aromatic N) is 9. The first-order valence-electron chi connectivity index (χ1n) is 23.9.